The first-order chi connectivity index (χ1) is 13.3. The van der Waals surface area contributed by atoms with Crippen LogP contribution in [0.1, 0.15) is 12.8 Å². The lowest BCUT2D eigenvalue weighted by molar-refractivity contribution is -0.138. The monoisotopic (exact) mass is 383 g/mol. The summed E-state index contributed by atoms with van der Waals surface area (Å²) < 4.78 is 12.1. The Balaban J connectivity index is 1.82. The fourth-order valence-corrected chi connectivity index (χ4v) is 2.74. The van der Waals surface area contributed by atoms with E-state index in [2.05, 4.69) is 0 Å². The van der Waals surface area contributed by atoms with E-state index in [4.69, 9.17) is 20.3 Å². The molecule has 0 aromatic heterocycles. The van der Waals surface area contributed by atoms with Gasteiger partial charge in [0.15, 0.2) is 0 Å². The number of carbonyl (C=O) groups is 1. The van der Waals surface area contributed by atoms with Crippen molar-refractivity contribution in [3.63, 3.8) is 0 Å². The van der Waals surface area contributed by atoms with Gasteiger partial charge >= 0.3 is 5.97 Å². The van der Waals surface area contributed by atoms with Crippen molar-refractivity contribution in [2.24, 2.45) is 5.73 Å². The van der Waals surface area contributed by atoms with Gasteiger partial charge in [-0.15, -0.1) is 0 Å². The zero-order valence-electron chi connectivity index (χ0n) is 15.0. The van der Waals surface area contributed by atoms with Crippen LogP contribution in [-0.4, -0.2) is 33.1 Å². The van der Waals surface area contributed by atoms with E-state index in [1.807, 2.05) is 6.08 Å². The van der Waals surface area contributed by atoms with E-state index in [9.17, 15) is 15.0 Å². The maximum Gasteiger partial charge on any atom is 0.320 e. The molecule has 7 nitrogen and oxygen atoms in total. The highest BCUT2D eigenvalue weighted by molar-refractivity contribution is 5.73. The third-order valence-electron chi connectivity index (χ3n) is 4.23. The average Bonchev–Trinajstić information content (AvgIpc) is 2.67. The van der Waals surface area contributed by atoms with Gasteiger partial charge in [0.1, 0.15) is 29.0 Å². The normalized spacial score (nSPS) is 16.1. The number of benzene rings is 2. The molecule has 0 aliphatic heterocycles. The first-order valence-corrected chi connectivity index (χ1v) is 8.68. The zero-order valence-corrected chi connectivity index (χ0v) is 15.0. The average molecular weight is 383 g/mol. The number of rotatable bonds is 7. The van der Waals surface area contributed by atoms with Crippen molar-refractivity contribution < 1.29 is 29.6 Å². The van der Waals surface area contributed by atoms with Crippen LogP contribution in [0.2, 0.25) is 0 Å². The third-order valence-corrected chi connectivity index (χ3v) is 4.23. The van der Waals surface area contributed by atoms with E-state index >= 15 is 0 Å². The van der Waals surface area contributed by atoms with Gasteiger partial charge in [0.25, 0.3) is 5.79 Å². The number of ether oxygens (including phenoxy) is 2. The van der Waals surface area contributed by atoms with Gasteiger partial charge in [-0.3, -0.25) is 4.79 Å². The number of phenolic OH excluding ortho intramolecular Hbond substituents is 2. The van der Waals surface area contributed by atoms with Crippen molar-refractivity contribution in [3.05, 3.63) is 72.3 Å². The Bertz CT molecular complexity index is 839. The summed E-state index contributed by atoms with van der Waals surface area (Å²) in [7, 11) is 0. The largest absolute Gasteiger partial charge is 0.508 e. The lowest BCUT2D eigenvalue weighted by Crippen LogP contribution is -2.41. The molecule has 1 atom stereocenters. The number of carboxylic acids is 1. The first kappa shape index (κ1) is 19.3. The molecule has 5 N–H and O–H groups in total. The van der Waals surface area contributed by atoms with E-state index in [1.54, 1.807) is 36.4 Å². The Kier molecular flexibility index (Phi) is 5.56. The standard InChI is InChI=1S/C21H21NO6/c22-19(20(25)26)13-14-9-11-21(12-10-14,27-17-5-1-15(23)2-6-17)28-18-7-3-16(24)4-8-18/h1-11,19,23-24H,12-13,22H2,(H,25,26)/t19-/m0/s1. The van der Waals surface area contributed by atoms with Crippen LogP contribution in [-0.2, 0) is 4.79 Å². The van der Waals surface area contributed by atoms with Crippen LogP contribution in [0.5, 0.6) is 23.0 Å². The number of allylic oxidation sites excluding steroid dienone is 1. The van der Waals surface area contributed by atoms with Crippen molar-refractivity contribution in [2.45, 2.75) is 24.7 Å². The van der Waals surface area contributed by atoms with Gasteiger partial charge in [-0.1, -0.05) is 12.2 Å². The quantitative estimate of drug-likeness (QED) is 0.542. The summed E-state index contributed by atoms with van der Waals surface area (Å²) in [5.74, 6) is -1.03. The van der Waals surface area contributed by atoms with Crippen LogP contribution < -0.4 is 15.2 Å². The highest BCUT2D eigenvalue weighted by Crippen LogP contribution is 2.32. The molecule has 3 rings (SSSR count). The molecule has 0 radical (unpaired) electrons. The fourth-order valence-electron chi connectivity index (χ4n) is 2.74. The van der Waals surface area contributed by atoms with Crippen LogP contribution in [0.25, 0.3) is 0 Å². The predicted octanol–water partition coefficient (Wildman–Crippen LogP) is 2.94. The molecule has 0 spiro atoms. The van der Waals surface area contributed by atoms with Gasteiger partial charge in [0.05, 0.1) is 0 Å². The molecule has 0 bridgehead atoms. The van der Waals surface area contributed by atoms with E-state index < -0.39 is 17.8 Å². The van der Waals surface area contributed by atoms with Crippen LogP contribution >= 0.6 is 0 Å². The number of carboxylic acid groups (broad SMARTS) is 1. The van der Waals surface area contributed by atoms with Gasteiger partial charge in [0.2, 0.25) is 0 Å². The predicted molar refractivity (Wildman–Crippen MR) is 102 cm³/mol. The van der Waals surface area contributed by atoms with Gasteiger partial charge in [-0.2, -0.15) is 0 Å². The molecule has 146 valence electrons. The number of hydrogen-bond acceptors (Lipinski definition) is 6. The Labute approximate surface area is 161 Å². The summed E-state index contributed by atoms with van der Waals surface area (Å²) in [5, 5.41) is 27.9. The summed E-state index contributed by atoms with van der Waals surface area (Å²) >= 11 is 0. The fraction of sp³-hybridized carbons (Fsp3) is 0.190. The molecule has 1 aliphatic rings. The Morgan fingerprint density at radius 1 is 1.00 bits per heavy atom. The minimum absolute atomic E-state index is 0.116. The minimum atomic E-state index is -1.18. The smallest absolute Gasteiger partial charge is 0.320 e. The Morgan fingerprint density at radius 2 is 1.50 bits per heavy atom. The second-order valence-corrected chi connectivity index (χ2v) is 6.47. The molecule has 0 heterocycles. The summed E-state index contributed by atoms with van der Waals surface area (Å²) in [6, 6.07) is 11.5. The van der Waals surface area contributed by atoms with Gasteiger partial charge in [-0.25, -0.2) is 0 Å². The molecule has 2 aromatic carbocycles. The topological polar surface area (TPSA) is 122 Å². The Hall–Kier alpha value is -3.45. The molecule has 7 heteroatoms. The molecule has 0 saturated heterocycles. The van der Waals surface area contributed by atoms with Gasteiger partial charge in [-0.05, 0) is 60.5 Å². The molecule has 2 aromatic rings. The van der Waals surface area contributed by atoms with Gasteiger partial charge < -0.3 is 30.5 Å². The van der Waals surface area contributed by atoms with Crippen molar-refractivity contribution >= 4 is 5.97 Å². The molecular weight excluding hydrogens is 362 g/mol. The minimum Gasteiger partial charge on any atom is -0.508 e. The highest BCUT2D eigenvalue weighted by atomic mass is 16.7. The zero-order chi connectivity index (χ0) is 20.1. The van der Waals surface area contributed by atoms with Crippen LogP contribution in [0.3, 0.4) is 0 Å². The number of aliphatic carboxylic acids is 1. The van der Waals surface area contributed by atoms with E-state index in [0.29, 0.717) is 17.9 Å². The number of hydrogen-bond donors (Lipinski definition) is 4. The van der Waals surface area contributed by atoms with Crippen LogP contribution in [0, 0.1) is 0 Å². The van der Waals surface area contributed by atoms with Crippen molar-refractivity contribution in [2.75, 3.05) is 0 Å². The first-order valence-electron chi connectivity index (χ1n) is 8.68. The second kappa shape index (κ2) is 8.06. The van der Waals surface area contributed by atoms with Crippen molar-refractivity contribution in [1.82, 2.24) is 0 Å². The lowest BCUT2D eigenvalue weighted by atomic mass is 9.97. The summed E-state index contributed by atoms with van der Waals surface area (Å²) in [5.41, 5.74) is 6.38. The molecule has 0 fully saturated rings. The molecule has 28 heavy (non-hydrogen) atoms. The number of nitrogens with two attached hydrogens (primary N) is 1. The van der Waals surface area contributed by atoms with Crippen molar-refractivity contribution in [1.29, 1.82) is 0 Å². The summed E-state index contributed by atoms with van der Waals surface area (Å²) in [6.45, 7) is 0. The van der Waals surface area contributed by atoms with Crippen LogP contribution in [0.4, 0.5) is 0 Å². The van der Waals surface area contributed by atoms with Crippen molar-refractivity contribution in [3.8, 4) is 23.0 Å². The van der Waals surface area contributed by atoms with Gasteiger partial charge in [0, 0.05) is 12.5 Å². The number of phenols is 2. The number of aromatic hydroxyl groups is 2. The third kappa shape index (κ3) is 4.83. The Morgan fingerprint density at radius 3 is 1.89 bits per heavy atom. The van der Waals surface area contributed by atoms with Crippen LogP contribution in [0.15, 0.2) is 72.3 Å². The molecule has 0 saturated carbocycles. The maximum absolute atomic E-state index is 11.0. The van der Waals surface area contributed by atoms with E-state index in [1.165, 1.54) is 24.3 Å². The molecular formula is C21H21NO6. The van der Waals surface area contributed by atoms with E-state index in [-0.39, 0.29) is 17.9 Å². The summed E-state index contributed by atoms with van der Waals surface area (Å²) in [4.78, 5) is 11.0. The maximum atomic E-state index is 11.0. The molecule has 0 amide bonds. The van der Waals surface area contributed by atoms with E-state index in [0.717, 1.165) is 5.57 Å². The molecule has 0 unspecified atom stereocenters. The summed E-state index contributed by atoms with van der Waals surface area (Å²) in [6.07, 6.45) is 5.76. The molecule has 1 aliphatic carbocycles. The lowest BCUT2D eigenvalue weighted by Gasteiger charge is -2.33. The highest BCUT2D eigenvalue weighted by Gasteiger charge is 2.34. The second-order valence-electron chi connectivity index (χ2n) is 6.47. The SMILES string of the molecule is N[C@@H](CC1=CCC(Oc2ccc(O)cc2)(Oc2ccc(O)cc2)C=C1)C(=O)O.